The van der Waals surface area contributed by atoms with Gasteiger partial charge in [0.2, 0.25) is 0 Å². The predicted octanol–water partition coefficient (Wildman–Crippen LogP) is 5.57. The SMILES string of the molecule is O=C1NC2CCCN(C2)c2nc(OCC34CCCN3CCC4)nc3c(F)c(ncc23)-c2c(c(Cl)cc3[nH]ncc23)C2CC2CCO1. The predicted molar refractivity (Wildman–Crippen MR) is 171 cm³/mol. The van der Waals surface area contributed by atoms with Gasteiger partial charge in [-0.1, -0.05) is 11.6 Å². The first-order chi connectivity index (χ1) is 22.5. The number of rotatable bonds is 3. The molecular formula is C33H36ClFN8O3. The lowest BCUT2D eigenvalue weighted by Gasteiger charge is -2.34. The largest absolute Gasteiger partial charge is 0.461 e. The number of aromatic nitrogens is 5. The number of pyridine rings is 1. The number of amides is 1. The number of anilines is 1. The number of aromatic amines is 1. The average Bonchev–Trinajstić information content (AvgIpc) is 3.32. The molecule has 6 aliphatic rings. The Morgan fingerprint density at radius 1 is 1.11 bits per heavy atom. The first-order valence-corrected chi connectivity index (χ1v) is 16.9. The summed E-state index contributed by atoms with van der Waals surface area (Å²) in [5.41, 5.74) is 2.49. The maximum Gasteiger partial charge on any atom is 0.407 e. The average molecular weight is 647 g/mol. The highest BCUT2D eigenvalue weighted by atomic mass is 35.5. The standard InChI is InChI=1S/C33H36ClFN8O3/c34-23-13-24-21(15-37-41-24)26-25(23)20-12-18(20)5-11-45-32(44)38-19-4-1-8-42(16-19)30-22-14-36-29(26)27(35)28(22)39-31(40-30)46-17-33-6-2-9-43(33)10-3-7-33/h13-15,18-20H,1-12,16-17H2,(H,37,41)(H,38,44). The van der Waals surface area contributed by atoms with Crippen LogP contribution >= 0.6 is 11.6 Å². The topological polar surface area (TPSA) is 121 Å². The van der Waals surface area contributed by atoms with Gasteiger partial charge in [0, 0.05) is 41.3 Å². The number of alkyl carbamates (subject to hydrolysis) is 1. The highest BCUT2D eigenvalue weighted by Crippen LogP contribution is 2.56. The fraction of sp³-hybridized carbons (Fsp3) is 0.545. The molecule has 3 saturated heterocycles. The van der Waals surface area contributed by atoms with Crippen molar-refractivity contribution in [1.82, 2.24) is 35.4 Å². The quantitative estimate of drug-likeness (QED) is 0.294. The van der Waals surface area contributed by atoms with Crippen LogP contribution in [0.4, 0.5) is 15.0 Å². The van der Waals surface area contributed by atoms with Crippen molar-refractivity contribution >= 4 is 45.3 Å². The maximum absolute atomic E-state index is 17.1. The first kappa shape index (κ1) is 28.5. The monoisotopic (exact) mass is 646 g/mol. The van der Waals surface area contributed by atoms with Crippen molar-refractivity contribution in [3.63, 3.8) is 0 Å². The molecule has 1 saturated carbocycles. The molecule has 3 unspecified atom stereocenters. The number of carbonyl (C=O) groups is 1. The fourth-order valence-electron chi connectivity index (χ4n) is 8.57. The number of piperidine rings is 1. The second kappa shape index (κ2) is 10.9. The molecule has 8 heterocycles. The van der Waals surface area contributed by atoms with Crippen molar-refractivity contribution < 1.29 is 18.7 Å². The summed E-state index contributed by atoms with van der Waals surface area (Å²) in [5.74, 6) is 0.338. The Morgan fingerprint density at radius 3 is 2.85 bits per heavy atom. The molecule has 4 fully saturated rings. The summed E-state index contributed by atoms with van der Waals surface area (Å²) < 4.78 is 29.2. The van der Waals surface area contributed by atoms with Gasteiger partial charge in [-0.3, -0.25) is 15.0 Å². The van der Waals surface area contributed by atoms with Crippen molar-refractivity contribution in [3.8, 4) is 17.3 Å². The van der Waals surface area contributed by atoms with E-state index in [0.717, 1.165) is 69.0 Å². The van der Waals surface area contributed by atoms with Gasteiger partial charge in [-0.05, 0) is 87.9 Å². The molecule has 6 bridgehead atoms. The third-order valence-electron chi connectivity index (χ3n) is 11.0. The Morgan fingerprint density at radius 2 is 1.98 bits per heavy atom. The summed E-state index contributed by atoms with van der Waals surface area (Å²) in [4.78, 5) is 31.8. The Balaban J connectivity index is 1.22. The van der Waals surface area contributed by atoms with E-state index in [1.54, 1.807) is 12.4 Å². The van der Waals surface area contributed by atoms with Crippen molar-refractivity contribution in [2.45, 2.75) is 68.9 Å². The Labute approximate surface area is 270 Å². The third-order valence-corrected chi connectivity index (χ3v) is 11.3. The van der Waals surface area contributed by atoms with Crippen LogP contribution in [0.25, 0.3) is 33.1 Å². The number of hydrogen-bond donors (Lipinski definition) is 2. The lowest BCUT2D eigenvalue weighted by Crippen LogP contribution is -2.48. The highest BCUT2D eigenvalue weighted by Gasteiger charge is 2.45. The number of nitrogens with one attached hydrogen (secondary N) is 2. The molecule has 13 heteroatoms. The number of hydrogen-bond acceptors (Lipinski definition) is 9. The van der Waals surface area contributed by atoms with Gasteiger partial charge >= 0.3 is 12.1 Å². The van der Waals surface area contributed by atoms with E-state index in [1.165, 1.54) is 0 Å². The van der Waals surface area contributed by atoms with Crippen LogP contribution in [-0.2, 0) is 4.74 Å². The van der Waals surface area contributed by atoms with Gasteiger partial charge in [-0.15, -0.1) is 0 Å². The normalized spacial score (nSPS) is 25.7. The minimum atomic E-state index is -0.537. The smallest absolute Gasteiger partial charge is 0.407 e. The zero-order chi connectivity index (χ0) is 31.0. The van der Waals surface area contributed by atoms with Crippen LogP contribution in [0.1, 0.15) is 62.8 Å². The van der Waals surface area contributed by atoms with Crippen molar-refractivity contribution in [1.29, 1.82) is 0 Å². The van der Waals surface area contributed by atoms with Gasteiger partial charge in [0.25, 0.3) is 0 Å². The minimum Gasteiger partial charge on any atom is -0.461 e. The summed E-state index contributed by atoms with van der Waals surface area (Å²) in [5, 5.41) is 12.1. The summed E-state index contributed by atoms with van der Waals surface area (Å²) >= 11 is 6.93. The van der Waals surface area contributed by atoms with Crippen LogP contribution < -0.4 is 15.0 Å². The molecule has 11 nitrogen and oxygen atoms in total. The molecule has 2 N–H and O–H groups in total. The molecule has 4 aromatic rings. The number of fused-ring (bicyclic) bond motifs is 7. The number of H-pyrrole nitrogens is 1. The molecule has 240 valence electrons. The molecule has 3 atom stereocenters. The Kier molecular flexibility index (Phi) is 6.74. The molecule has 1 aliphatic carbocycles. The van der Waals surface area contributed by atoms with Crippen LogP contribution in [0, 0.1) is 11.7 Å². The molecule has 46 heavy (non-hydrogen) atoms. The van der Waals surface area contributed by atoms with Gasteiger partial charge < -0.3 is 19.7 Å². The lowest BCUT2D eigenvalue weighted by molar-refractivity contribution is 0.108. The van der Waals surface area contributed by atoms with E-state index in [2.05, 4.69) is 25.3 Å². The summed E-state index contributed by atoms with van der Waals surface area (Å²) in [7, 11) is 0. The van der Waals surface area contributed by atoms with E-state index in [0.29, 0.717) is 60.0 Å². The summed E-state index contributed by atoms with van der Waals surface area (Å²) in [6, 6.07) is 1.86. The molecule has 3 aromatic heterocycles. The molecule has 1 amide bonds. The van der Waals surface area contributed by atoms with Gasteiger partial charge in [0.05, 0.1) is 29.2 Å². The molecule has 1 aromatic carbocycles. The number of benzene rings is 1. The highest BCUT2D eigenvalue weighted by molar-refractivity contribution is 6.33. The van der Waals surface area contributed by atoms with Crippen LogP contribution in [0.5, 0.6) is 6.01 Å². The number of carbonyl (C=O) groups excluding carboxylic acids is 1. The van der Waals surface area contributed by atoms with E-state index in [1.807, 2.05) is 6.07 Å². The van der Waals surface area contributed by atoms with Crippen LogP contribution in [0.3, 0.4) is 0 Å². The van der Waals surface area contributed by atoms with Gasteiger partial charge in [-0.25, -0.2) is 9.18 Å². The minimum absolute atomic E-state index is 0.0173. The second-order valence-corrected chi connectivity index (χ2v) is 14.1. The van der Waals surface area contributed by atoms with E-state index < -0.39 is 11.9 Å². The number of nitrogens with zero attached hydrogens (tertiary/aromatic N) is 6. The summed E-state index contributed by atoms with van der Waals surface area (Å²) in [6.45, 7) is 4.11. The Hall–Kier alpha value is -3.77. The van der Waals surface area contributed by atoms with Crippen LogP contribution in [0.15, 0.2) is 18.5 Å². The first-order valence-electron chi connectivity index (χ1n) is 16.6. The number of ether oxygens (including phenoxy) is 2. The molecule has 0 spiro atoms. The van der Waals surface area contributed by atoms with Crippen LogP contribution in [0.2, 0.25) is 5.02 Å². The molecule has 0 radical (unpaired) electrons. The maximum atomic E-state index is 17.1. The van der Waals surface area contributed by atoms with Crippen molar-refractivity contribution in [2.75, 3.05) is 44.3 Å². The number of halogens is 2. The second-order valence-electron chi connectivity index (χ2n) is 13.7. The van der Waals surface area contributed by atoms with Gasteiger partial charge in [-0.2, -0.15) is 15.1 Å². The Bertz CT molecular complexity index is 1860. The zero-order valence-corrected chi connectivity index (χ0v) is 26.3. The summed E-state index contributed by atoms with van der Waals surface area (Å²) in [6.07, 6.45) is 10.6. The van der Waals surface area contributed by atoms with Gasteiger partial charge in [0.1, 0.15) is 23.6 Å². The van der Waals surface area contributed by atoms with E-state index in [4.69, 9.17) is 36.0 Å². The molecular weight excluding hydrogens is 611 g/mol. The fourth-order valence-corrected chi connectivity index (χ4v) is 8.92. The zero-order valence-electron chi connectivity index (χ0n) is 25.5. The van der Waals surface area contributed by atoms with Gasteiger partial charge in [0.15, 0.2) is 5.82 Å². The van der Waals surface area contributed by atoms with Crippen molar-refractivity contribution in [3.05, 3.63) is 34.9 Å². The molecule has 5 aliphatic heterocycles. The third kappa shape index (κ3) is 4.66. The van der Waals surface area contributed by atoms with Crippen molar-refractivity contribution in [2.24, 2.45) is 5.92 Å². The lowest BCUT2D eigenvalue weighted by atomic mass is 9.94. The van der Waals surface area contributed by atoms with Crippen LogP contribution in [-0.4, -0.2) is 87.1 Å². The van der Waals surface area contributed by atoms with E-state index >= 15 is 4.39 Å². The van der Waals surface area contributed by atoms with E-state index in [-0.39, 0.29) is 40.6 Å². The molecule has 10 rings (SSSR count). The van der Waals surface area contributed by atoms with E-state index in [9.17, 15) is 4.79 Å².